The molecule has 0 bridgehead atoms. The van der Waals surface area contributed by atoms with E-state index < -0.39 is 0 Å². The maximum atomic E-state index is 9.28. The lowest BCUT2D eigenvalue weighted by Gasteiger charge is -2.15. The van der Waals surface area contributed by atoms with Gasteiger partial charge >= 0.3 is 0 Å². The summed E-state index contributed by atoms with van der Waals surface area (Å²) in [5.74, 6) is 0.353. The zero-order valence-electron chi connectivity index (χ0n) is 9.03. The molecule has 1 aromatic rings. The third kappa shape index (κ3) is 3.79. The van der Waals surface area contributed by atoms with Gasteiger partial charge in [-0.1, -0.05) is 25.5 Å². The summed E-state index contributed by atoms with van der Waals surface area (Å²) >= 11 is 0. The number of hydrogen-bond donors (Lipinski definition) is 1. The van der Waals surface area contributed by atoms with E-state index in [0.29, 0.717) is 5.75 Å². The van der Waals surface area contributed by atoms with Gasteiger partial charge in [0, 0.05) is 6.54 Å². The van der Waals surface area contributed by atoms with Gasteiger partial charge in [0.15, 0.2) is 0 Å². The third-order valence-corrected chi connectivity index (χ3v) is 2.26. The number of nitrogens with zero attached hydrogens (tertiary/aromatic N) is 1. The summed E-state index contributed by atoms with van der Waals surface area (Å²) in [6, 6.07) is 7.46. The molecule has 0 unspecified atom stereocenters. The van der Waals surface area contributed by atoms with Gasteiger partial charge in [0.1, 0.15) is 5.75 Å². The highest BCUT2D eigenvalue weighted by Gasteiger charge is 1.99. The van der Waals surface area contributed by atoms with Crippen molar-refractivity contribution in [2.75, 3.05) is 13.6 Å². The highest BCUT2D eigenvalue weighted by molar-refractivity contribution is 5.26. The minimum atomic E-state index is 0.353. The molecule has 0 saturated heterocycles. The van der Waals surface area contributed by atoms with E-state index >= 15 is 0 Å². The topological polar surface area (TPSA) is 23.5 Å². The average molecular weight is 193 g/mol. The van der Waals surface area contributed by atoms with Crippen LogP contribution in [0.2, 0.25) is 0 Å². The van der Waals surface area contributed by atoms with Crippen LogP contribution in [0.25, 0.3) is 0 Å². The molecule has 2 heteroatoms. The Hall–Kier alpha value is -1.02. The Bertz CT molecular complexity index is 273. The molecule has 14 heavy (non-hydrogen) atoms. The molecule has 0 fully saturated rings. The summed E-state index contributed by atoms with van der Waals surface area (Å²) < 4.78 is 0. The Balaban J connectivity index is 2.43. The third-order valence-electron chi connectivity index (χ3n) is 2.26. The van der Waals surface area contributed by atoms with Crippen LogP contribution in [0.3, 0.4) is 0 Å². The van der Waals surface area contributed by atoms with Crippen molar-refractivity contribution in [2.45, 2.75) is 26.3 Å². The van der Waals surface area contributed by atoms with Gasteiger partial charge in [-0.05, 0) is 37.7 Å². The van der Waals surface area contributed by atoms with Gasteiger partial charge in [-0.25, -0.2) is 0 Å². The van der Waals surface area contributed by atoms with E-state index in [0.717, 1.165) is 13.1 Å². The van der Waals surface area contributed by atoms with Crippen molar-refractivity contribution in [1.82, 2.24) is 4.90 Å². The monoisotopic (exact) mass is 193 g/mol. The minimum absolute atomic E-state index is 0.353. The summed E-state index contributed by atoms with van der Waals surface area (Å²) in [4.78, 5) is 2.28. The van der Waals surface area contributed by atoms with Gasteiger partial charge in [0.25, 0.3) is 0 Å². The molecule has 0 aromatic heterocycles. The van der Waals surface area contributed by atoms with Crippen LogP contribution in [0.15, 0.2) is 24.3 Å². The van der Waals surface area contributed by atoms with Crippen molar-refractivity contribution in [2.24, 2.45) is 0 Å². The van der Waals surface area contributed by atoms with E-state index in [9.17, 15) is 5.11 Å². The Morgan fingerprint density at radius 3 is 2.79 bits per heavy atom. The maximum Gasteiger partial charge on any atom is 0.115 e. The summed E-state index contributed by atoms with van der Waals surface area (Å²) in [6.07, 6.45) is 2.46. The molecule has 0 spiro atoms. The van der Waals surface area contributed by atoms with Crippen molar-refractivity contribution in [3.63, 3.8) is 0 Å². The molecule has 0 amide bonds. The van der Waals surface area contributed by atoms with E-state index in [1.807, 2.05) is 18.2 Å². The van der Waals surface area contributed by atoms with Gasteiger partial charge in [0.05, 0.1) is 0 Å². The quantitative estimate of drug-likeness (QED) is 0.777. The van der Waals surface area contributed by atoms with Crippen LogP contribution in [0.4, 0.5) is 0 Å². The highest BCUT2D eigenvalue weighted by Crippen LogP contribution is 2.12. The van der Waals surface area contributed by atoms with E-state index in [1.165, 1.54) is 18.4 Å². The van der Waals surface area contributed by atoms with Crippen LogP contribution in [-0.2, 0) is 6.54 Å². The molecule has 0 radical (unpaired) electrons. The second-order valence-corrected chi connectivity index (χ2v) is 3.76. The molecule has 1 rings (SSSR count). The molecular formula is C12H19NO. The van der Waals surface area contributed by atoms with Crippen molar-refractivity contribution in [3.05, 3.63) is 29.8 Å². The molecular weight excluding hydrogens is 174 g/mol. The van der Waals surface area contributed by atoms with Gasteiger partial charge < -0.3 is 10.0 Å². The number of phenols is 1. The molecule has 2 nitrogen and oxygen atoms in total. The molecule has 0 aliphatic rings. The number of benzene rings is 1. The summed E-state index contributed by atoms with van der Waals surface area (Å²) in [5, 5.41) is 9.28. The van der Waals surface area contributed by atoms with Gasteiger partial charge in [-0.2, -0.15) is 0 Å². The largest absolute Gasteiger partial charge is 0.508 e. The van der Waals surface area contributed by atoms with E-state index in [-0.39, 0.29) is 0 Å². The van der Waals surface area contributed by atoms with Crippen LogP contribution < -0.4 is 0 Å². The van der Waals surface area contributed by atoms with E-state index in [1.54, 1.807) is 6.07 Å². The fourth-order valence-corrected chi connectivity index (χ4v) is 1.47. The van der Waals surface area contributed by atoms with Crippen molar-refractivity contribution in [3.8, 4) is 5.75 Å². The molecule has 1 N–H and O–H groups in total. The number of unbranched alkanes of at least 4 members (excludes halogenated alkanes) is 1. The Labute approximate surface area is 86.2 Å². The predicted molar refractivity (Wildman–Crippen MR) is 59.3 cm³/mol. The highest BCUT2D eigenvalue weighted by atomic mass is 16.3. The lowest BCUT2D eigenvalue weighted by Crippen LogP contribution is -2.18. The second kappa shape index (κ2) is 5.66. The Morgan fingerprint density at radius 2 is 2.14 bits per heavy atom. The summed E-state index contributed by atoms with van der Waals surface area (Å²) in [5.41, 5.74) is 1.17. The smallest absolute Gasteiger partial charge is 0.115 e. The Morgan fingerprint density at radius 1 is 1.36 bits per heavy atom. The van der Waals surface area contributed by atoms with Crippen molar-refractivity contribution < 1.29 is 5.11 Å². The van der Waals surface area contributed by atoms with Crippen LogP contribution in [0.1, 0.15) is 25.3 Å². The standard InChI is InChI=1S/C12H19NO/c1-3-4-8-13(2)10-11-6-5-7-12(14)9-11/h5-7,9,14H,3-4,8,10H2,1-2H3. The molecule has 0 saturated carbocycles. The van der Waals surface area contributed by atoms with Crippen molar-refractivity contribution >= 4 is 0 Å². The van der Waals surface area contributed by atoms with E-state index in [4.69, 9.17) is 0 Å². The molecule has 1 aromatic carbocycles. The SMILES string of the molecule is CCCCN(C)Cc1cccc(O)c1. The molecule has 0 aliphatic carbocycles. The van der Waals surface area contributed by atoms with Crippen LogP contribution in [0.5, 0.6) is 5.75 Å². The first-order chi connectivity index (χ1) is 6.72. The number of aromatic hydroxyl groups is 1. The normalized spacial score (nSPS) is 10.8. The first-order valence-electron chi connectivity index (χ1n) is 5.19. The Kier molecular flexibility index (Phi) is 4.47. The fraction of sp³-hybridized carbons (Fsp3) is 0.500. The molecule has 0 aliphatic heterocycles. The van der Waals surface area contributed by atoms with Crippen LogP contribution in [-0.4, -0.2) is 23.6 Å². The second-order valence-electron chi connectivity index (χ2n) is 3.76. The molecule has 0 heterocycles. The predicted octanol–water partition coefficient (Wildman–Crippen LogP) is 2.62. The van der Waals surface area contributed by atoms with Crippen LogP contribution in [0, 0.1) is 0 Å². The minimum Gasteiger partial charge on any atom is -0.508 e. The summed E-state index contributed by atoms with van der Waals surface area (Å²) in [7, 11) is 2.11. The molecule has 78 valence electrons. The lowest BCUT2D eigenvalue weighted by molar-refractivity contribution is 0.320. The first-order valence-corrected chi connectivity index (χ1v) is 5.19. The van der Waals surface area contributed by atoms with Crippen LogP contribution >= 0.6 is 0 Å². The zero-order chi connectivity index (χ0) is 10.4. The van der Waals surface area contributed by atoms with Gasteiger partial charge in [-0.15, -0.1) is 0 Å². The van der Waals surface area contributed by atoms with Crippen molar-refractivity contribution in [1.29, 1.82) is 0 Å². The van der Waals surface area contributed by atoms with Gasteiger partial charge in [-0.3, -0.25) is 0 Å². The summed E-state index contributed by atoms with van der Waals surface area (Å²) in [6.45, 7) is 4.22. The number of hydrogen-bond acceptors (Lipinski definition) is 2. The lowest BCUT2D eigenvalue weighted by atomic mass is 10.2. The first kappa shape index (κ1) is 11.1. The fourth-order valence-electron chi connectivity index (χ4n) is 1.47. The average Bonchev–Trinajstić information content (AvgIpc) is 2.15. The van der Waals surface area contributed by atoms with E-state index in [2.05, 4.69) is 18.9 Å². The zero-order valence-corrected chi connectivity index (χ0v) is 9.03. The number of rotatable bonds is 5. The van der Waals surface area contributed by atoms with Gasteiger partial charge in [0.2, 0.25) is 0 Å². The molecule has 0 atom stereocenters. The maximum absolute atomic E-state index is 9.28. The number of phenolic OH excluding ortho intramolecular Hbond substituents is 1.